The summed E-state index contributed by atoms with van der Waals surface area (Å²) in [6.07, 6.45) is 3.53. The summed E-state index contributed by atoms with van der Waals surface area (Å²) in [6.45, 7) is 9.24. The Hall–Kier alpha value is -4.41. The molecule has 0 N–H and O–H groups in total. The predicted octanol–water partition coefficient (Wildman–Crippen LogP) is 7.49. The Morgan fingerprint density at radius 3 is 2.31 bits per heavy atom. The average molecular weight is 641 g/mol. The minimum Gasteiger partial charge on any atom is -0.305 e. The van der Waals surface area contributed by atoms with Gasteiger partial charge in [0.1, 0.15) is 5.69 Å². The van der Waals surface area contributed by atoms with Crippen molar-refractivity contribution < 1.29 is 20.1 Å². The molecule has 1 radical (unpaired) electrons. The van der Waals surface area contributed by atoms with E-state index in [1.54, 1.807) is 18.5 Å². The molecule has 0 bridgehead atoms. The predicted molar refractivity (Wildman–Crippen MR) is 138 cm³/mol. The van der Waals surface area contributed by atoms with Crippen molar-refractivity contribution in [2.75, 3.05) is 0 Å². The second kappa shape index (κ2) is 12.9. The molecule has 175 valence electrons. The Bertz CT molecular complexity index is 1430. The van der Waals surface area contributed by atoms with Crippen LogP contribution in [0.2, 0.25) is 0 Å². The van der Waals surface area contributed by atoms with E-state index in [-0.39, 0.29) is 20.1 Å². The largest absolute Gasteiger partial charge is 0.305 e. The van der Waals surface area contributed by atoms with E-state index in [9.17, 15) is 0 Å². The first-order valence-electron chi connectivity index (χ1n) is 10.9. The summed E-state index contributed by atoms with van der Waals surface area (Å²) in [5.41, 5.74) is 7.30. The zero-order chi connectivity index (χ0) is 24.5. The van der Waals surface area contributed by atoms with Crippen molar-refractivity contribution >= 4 is 5.69 Å². The molecule has 36 heavy (non-hydrogen) atoms. The third-order valence-corrected chi connectivity index (χ3v) is 5.23. The van der Waals surface area contributed by atoms with Crippen LogP contribution in [0.1, 0.15) is 11.1 Å². The summed E-state index contributed by atoms with van der Waals surface area (Å²) in [6, 6.07) is 37.1. The molecular weight excluding hydrogens is 621 g/mol. The summed E-state index contributed by atoms with van der Waals surface area (Å²) >= 11 is 0. The molecule has 0 amide bonds. The first-order valence-corrected chi connectivity index (χ1v) is 10.9. The second-order valence-corrected chi connectivity index (χ2v) is 7.60. The topological polar surface area (TPSA) is 53.9 Å². The van der Waals surface area contributed by atoms with Crippen LogP contribution < -0.4 is 0 Å². The van der Waals surface area contributed by atoms with Gasteiger partial charge in [0, 0.05) is 38.2 Å². The van der Waals surface area contributed by atoms with Crippen molar-refractivity contribution in [2.24, 2.45) is 0 Å². The van der Waals surface area contributed by atoms with Crippen LogP contribution in [0.3, 0.4) is 0 Å². The van der Waals surface area contributed by atoms with E-state index in [0.29, 0.717) is 16.8 Å². The number of aromatic nitrogens is 2. The molecule has 0 aliphatic heterocycles. The van der Waals surface area contributed by atoms with Crippen LogP contribution in [-0.4, -0.2) is 9.97 Å². The van der Waals surface area contributed by atoms with E-state index in [0.717, 1.165) is 33.6 Å². The van der Waals surface area contributed by atoms with Gasteiger partial charge in [-0.2, -0.15) is 0 Å². The number of rotatable bonds is 3. The van der Waals surface area contributed by atoms with Crippen molar-refractivity contribution in [3.8, 4) is 39.7 Å². The van der Waals surface area contributed by atoms with E-state index < -0.39 is 0 Å². The summed E-state index contributed by atoms with van der Waals surface area (Å²) in [5.74, 6) is 0. The molecule has 0 fully saturated rings. The van der Waals surface area contributed by atoms with Gasteiger partial charge in [0.15, 0.2) is 0 Å². The number of hydrogen-bond acceptors (Lipinski definition) is 3. The summed E-state index contributed by atoms with van der Waals surface area (Å²) in [5, 5.41) is 9.17. The van der Waals surface area contributed by atoms with Gasteiger partial charge in [0.25, 0.3) is 0 Å². The van der Waals surface area contributed by atoms with Gasteiger partial charge in [-0.15, -0.1) is 59.7 Å². The van der Waals surface area contributed by atoms with Gasteiger partial charge in [0.2, 0.25) is 0 Å². The summed E-state index contributed by atoms with van der Waals surface area (Å²) in [4.78, 5) is 12.2. The van der Waals surface area contributed by atoms with E-state index >= 15 is 0 Å². The number of benzene rings is 3. The molecule has 0 atom stereocenters. The molecule has 2 heterocycles. The Morgan fingerprint density at radius 2 is 1.64 bits per heavy atom. The van der Waals surface area contributed by atoms with Crippen LogP contribution in [-0.2, 0) is 20.1 Å². The average Bonchev–Trinajstić information content (AvgIpc) is 2.94. The minimum atomic E-state index is 0. The SMILES string of the molecule is [C-]#[N+]c1cc(C#N)[c-]c(-c2nccc(C)c2-c2ccccc2)c1.[Ir].[c-]1ccccc1-c1ccccn1. The molecule has 5 heteroatoms. The van der Waals surface area contributed by atoms with Gasteiger partial charge in [-0.05, 0) is 47.5 Å². The molecule has 0 saturated heterocycles. The van der Waals surface area contributed by atoms with Gasteiger partial charge in [0.05, 0.1) is 6.57 Å². The quantitative estimate of drug-likeness (QED) is 0.192. The molecule has 0 unspecified atom stereocenters. The normalized spacial score (nSPS) is 9.53. The van der Waals surface area contributed by atoms with Crippen LogP contribution in [0, 0.1) is 37.0 Å². The number of hydrogen-bond donors (Lipinski definition) is 0. The van der Waals surface area contributed by atoms with Gasteiger partial charge >= 0.3 is 0 Å². The molecule has 0 aliphatic carbocycles. The van der Waals surface area contributed by atoms with Gasteiger partial charge < -0.3 is 4.98 Å². The third-order valence-electron chi connectivity index (χ3n) is 5.23. The molecule has 5 rings (SSSR count). The maximum absolute atomic E-state index is 9.17. The van der Waals surface area contributed by atoms with E-state index in [2.05, 4.69) is 33.0 Å². The zero-order valence-electron chi connectivity index (χ0n) is 19.4. The number of nitrogens with zero attached hydrogens (tertiary/aromatic N) is 4. The number of nitriles is 1. The van der Waals surface area contributed by atoms with E-state index in [1.165, 1.54) is 6.07 Å². The van der Waals surface area contributed by atoms with Crippen LogP contribution in [0.4, 0.5) is 5.69 Å². The molecule has 0 spiro atoms. The smallest absolute Gasteiger partial charge is 0.125 e. The molecular formula is C31H20IrN4-2. The van der Waals surface area contributed by atoms with E-state index in [1.807, 2.05) is 85.8 Å². The molecule has 0 saturated carbocycles. The van der Waals surface area contributed by atoms with Crippen LogP contribution in [0.5, 0.6) is 0 Å². The second-order valence-electron chi connectivity index (χ2n) is 7.60. The number of aryl methyl sites for hydroxylation is 1. The van der Waals surface area contributed by atoms with Crippen molar-refractivity contribution in [1.29, 1.82) is 5.26 Å². The first-order chi connectivity index (χ1) is 17.2. The maximum Gasteiger partial charge on any atom is 0.125 e. The van der Waals surface area contributed by atoms with Crippen molar-refractivity contribution in [1.82, 2.24) is 9.97 Å². The van der Waals surface area contributed by atoms with Gasteiger partial charge in [-0.3, -0.25) is 9.83 Å². The molecule has 2 aromatic heterocycles. The van der Waals surface area contributed by atoms with E-state index in [4.69, 9.17) is 11.8 Å². The fourth-order valence-electron chi connectivity index (χ4n) is 3.61. The molecule has 3 aromatic carbocycles. The van der Waals surface area contributed by atoms with Crippen LogP contribution in [0.25, 0.3) is 38.5 Å². The molecule has 0 aliphatic rings. The molecule has 4 nitrogen and oxygen atoms in total. The van der Waals surface area contributed by atoms with Crippen molar-refractivity contribution in [3.05, 3.63) is 138 Å². The summed E-state index contributed by atoms with van der Waals surface area (Å²) in [7, 11) is 0. The monoisotopic (exact) mass is 641 g/mol. The zero-order valence-corrected chi connectivity index (χ0v) is 21.8. The Labute approximate surface area is 225 Å². The Kier molecular flexibility index (Phi) is 9.38. The molecule has 5 aromatic rings. The first kappa shape index (κ1) is 26.2. The van der Waals surface area contributed by atoms with Crippen molar-refractivity contribution in [2.45, 2.75) is 6.92 Å². The fourth-order valence-corrected chi connectivity index (χ4v) is 3.61. The standard InChI is InChI=1S/C20H12N3.C11H8N.Ir/c1-14-8-9-23-20(19(14)16-6-4-3-5-7-16)17-10-15(13-21)11-18(12-17)22-2;1-2-6-10(7-3-1)11-8-4-5-9-12-11;/h3-9,11-12H,1H3;1-6,8-9H;/q2*-1;. The van der Waals surface area contributed by atoms with Crippen molar-refractivity contribution in [3.63, 3.8) is 0 Å². The van der Waals surface area contributed by atoms with Crippen LogP contribution >= 0.6 is 0 Å². The fraction of sp³-hybridized carbons (Fsp3) is 0.0323. The van der Waals surface area contributed by atoms with Gasteiger partial charge in [-0.25, -0.2) is 5.26 Å². The Balaban J connectivity index is 0.000000234. The van der Waals surface area contributed by atoms with Crippen LogP contribution in [0.15, 0.2) is 103 Å². The minimum absolute atomic E-state index is 0. The third kappa shape index (κ3) is 6.38. The summed E-state index contributed by atoms with van der Waals surface area (Å²) < 4.78 is 0. The van der Waals surface area contributed by atoms with Gasteiger partial charge in [-0.1, -0.05) is 48.0 Å². The Morgan fingerprint density at radius 1 is 0.861 bits per heavy atom. The maximum atomic E-state index is 9.17. The number of pyridine rings is 2.